The van der Waals surface area contributed by atoms with Crippen molar-refractivity contribution in [3.8, 4) is 16.9 Å². The Morgan fingerprint density at radius 3 is 2.59 bits per heavy atom. The van der Waals surface area contributed by atoms with Gasteiger partial charge in [0.2, 0.25) is 0 Å². The van der Waals surface area contributed by atoms with Gasteiger partial charge in [0, 0.05) is 12.1 Å². The highest BCUT2D eigenvalue weighted by atomic mass is 16.6. The van der Waals surface area contributed by atoms with Gasteiger partial charge in [0.05, 0.1) is 4.92 Å². The van der Waals surface area contributed by atoms with Gasteiger partial charge in [0.25, 0.3) is 5.69 Å². The van der Waals surface area contributed by atoms with E-state index in [4.69, 9.17) is 0 Å². The van der Waals surface area contributed by atoms with E-state index >= 15 is 0 Å². The van der Waals surface area contributed by atoms with Crippen molar-refractivity contribution in [2.24, 2.45) is 0 Å². The van der Waals surface area contributed by atoms with Crippen LogP contribution in [-0.2, 0) is 0 Å². The smallest absolute Gasteiger partial charge is 0.270 e. The maximum Gasteiger partial charge on any atom is 0.270 e. The molecule has 86 valence electrons. The first-order valence-electron chi connectivity index (χ1n) is 5.12. The molecule has 17 heavy (non-hydrogen) atoms. The van der Waals surface area contributed by atoms with Crippen LogP contribution in [0.3, 0.4) is 0 Å². The summed E-state index contributed by atoms with van der Waals surface area (Å²) in [7, 11) is 0. The molecule has 0 aromatic heterocycles. The van der Waals surface area contributed by atoms with Crippen LogP contribution >= 0.6 is 0 Å². The molecule has 1 N–H and O–H groups in total. The number of nitrogens with zero attached hydrogens (tertiary/aromatic N) is 1. The van der Waals surface area contributed by atoms with E-state index in [-0.39, 0.29) is 11.4 Å². The van der Waals surface area contributed by atoms with E-state index in [1.54, 1.807) is 24.3 Å². The minimum atomic E-state index is -0.417. The van der Waals surface area contributed by atoms with Gasteiger partial charge in [0.1, 0.15) is 5.75 Å². The van der Waals surface area contributed by atoms with E-state index in [0.29, 0.717) is 0 Å². The molecule has 0 saturated carbocycles. The van der Waals surface area contributed by atoms with Gasteiger partial charge < -0.3 is 5.11 Å². The first kappa shape index (κ1) is 11.1. The average molecular weight is 229 g/mol. The number of aryl methyl sites for hydroxylation is 1. The molecule has 0 atom stereocenters. The Balaban J connectivity index is 2.53. The topological polar surface area (TPSA) is 63.4 Å². The van der Waals surface area contributed by atoms with E-state index in [1.165, 1.54) is 12.1 Å². The summed E-state index contributed by atoms with van der Waals surface area (Å²) in [6, 6.07) is 11.4. The second-order valence-electron chi connectivity index (χ2n) is 3.81. The van der Waals surface area contributed by atoms with Crippen LogP contribution in [-0.4, -0.2) is 10.0 Å². The zero-order valence-corrected chi connectivity index (χ0v) is 9.25. The SMILES string of the molecule is Cc1cc(O)ccc1-c1cccc([N+](=O)[O-])c1. The first-order valence-corrected chi connectivity index (χ1v) is 5.12. The minimum absolute atomic E-state index is 0.0648. The molecule has 0 bridgehead atoms. The summed E-state index contributed by atoms with van der Waals surface area (Å²) < 4.78 is 0. The van der Waals surface area contributed by atoms with Crippen molar-refractivity contribution in [2.75, 3.05) is 0 Å². The molecule has 0 aliphatic carbocycles. The largest absolute Gasteiger partial charge is 0.508 e. The monoisotopic (exact) mass is 229 g/mol. The van der Waals surface area contributed by atoms with Crippen LogP contribution in [0.1, 0.15) is 5.56 Å². The summed E-state index contributed by atoms with van der Waals surface area (Å²) in [4.78, 5) is 10.3. The summed E-state index contributed by atoms with van der Waals surface area (Å²) in [6.07, 6.45) is 0. The van der Waals surface area contributed by atoms with Gasteiger partial charge in [-0.25, -0.2) is 0 Å². The Morgan fingerprint density at radius 2 is 1.94 bits per heavy atom. The lowest BCUT2D eigenvalue weighted by molar-refractivity contribution is -0.384. The number of non-ortho nitro benzene ring substituents is 1. The van der Waals surface area contributed by atoms with E-state index in [9.17, 15) is 15.2 Å². The van der Waals surface area contributed by atoms with Crippen LogP contribution in [0.2, 0.25) is 0 Å². The fourth-order valence-electron chi connectivity index (χ4n) is 1.76. The van der Waals surface area contributed by atoms with Gasteiger partial charge in [-0.15, -0.1) is 0 Å². The molecular formula is C13H11NO3. The molecule has 0 fully saturated rings. The highest BCUT2D eigenvalue weighted by Crippen LogP contribution is 2.28. The van der Waals surface area contributed by atoms with Crippen molar-refractivity contribution in [2.45, 2.75) is 6.92 Å². The maximum atomic E-state index is 10.7. The Morgan fingerprint density at radius 1 is 1.18 bits per heavy atom. The van der Waals surface area contributed by atoms with E-state index in [1.807, 2.05) is 13.0 Å². The summed E-state index contributed by atoms with van der Waals surface area (Å²) in [5.74, 6) is 0.191. The Kier molecular flexibility index (Phi) is 2.78. The summed E-state index contributed by atoms with van der Waals surface area (Å²) >= 11 is 0. The fraction of sp³-hybridized carbons (Fsp3) is 0.0769. The molecule has 0 heterocycles. The molecule has 0 spiro atoms. The third-order valence-corrected chi connectivity index (χ3v) is 2.58. The number of phenolic OH excluding ortho intramolecular Hbond substituents is 1. The quantitative estimate of drug-likeness (QED) is 0.634. The molecule has 0 radical (unpaired) electrons. The molecule has 0 aliphatic rings. The van der Waals surface area contributed by atoms with Crippen molar-refractivity contribution in [1.82, 2.24) is 0 Å². The van der Waals surface area contributed by atoms with Gasteiger partial charge in [-0.2, -0.15) is 0 Å². The molecule has 0 saturated heterocycles. The number of nitro groups is 1. The van der Waals surface area contributed by atoms with E-state index in [0.717, 1.165) is 16.7 Å². The van der Waals surface area contributed by atoms with Crippen molar-refractivity contribution in [3.05, 3.63) is 58.1 Å². The van der Waals surface area contributed by atoms with Gasteiger partial charge >= 0.3 is 0 Å². The van der Waals surface area contributed by atoms with Crippen LogP contribution in [0, 0.1) is 17.0 Å². The Hall–Kier alpha value is -2.36. The van der Waals surface area contributed by atoms with E-state index in [2.05, 4.69) is 0 Å². The predicted molar refractivity (Wildman–Crippen MR) is 64.9 cm³/mol. The van der Waals surface area contributed by atoms with Crippen molar-refractivity contribution in [1.29, 1.82) is 0 Å². The molecule has 4 nitrogen and oxygen atoms in total. The number of phenols is 1. The highest BCUT2D eigenvalue weighted by molar-refractivity contribution is 5.70. The zero-order valence-electron chi connectivity index (χ0n) is 9.25. The van der Waals surface area contributed by atoms with Crippen LogP contribution in [0.4, 0.5) is 5.69 Å². The van der Waals surface area contributed by atoms with Crippen molar-refractivity contribution < 1.29 is 10.0 Å². The van der Waals surface area contributed by atoms with Crippen molar-refractivity contribution in [3.63, 3.8) is 0 Å². The summed E-state index contributed by atoms with van der Waals surface area (Å²) in [6.45, 7) is 1.86. The second kappa shape index (κ2) is 4.25. The summed E-state index contributed by atoms with van der Waals surface area (Å²) in [5, 5.41) is 20.0. The minimum Gasteiger partial charge on any atom is -0.508 e. The average Bonchev–Trinajstić information content (AvgIpc) is 2.29. The van der Waals surface area contributed by atoms with Crippen LogP contribution in [0.5, 0.6) is 5.75 Å². The summed E-state index contributed by atoms with van der Waals surface area (Å²) in [5.41, 5.74) is 2.60. The third-order valence-electron chi connectivity index (χ3n) is 2.58. The van der Waals surface area contributed by atoms with Gasteiger partial charge in [0.15, 0.2) is 0 Å². The van der Waals surface area contributed by atoms with E-state index < -0.39 is 4.92 Å². The maximum absolute atomic E-state index is 10.7. The van der Waals surface area contributed by atoms with Gasteiger partial charge in [-0.1, -0.05) is 18.2 Å². The lowest BCUT2D eigenvalue weighted by Crippen LogP contribution is -1.89. The predicted octanol–water partition coefficient (Wildman–Crippen LogP) is 3.28. The molecule has 4 heteroatoms. The highest BCUT2D eigenvalue weighted by Gasteiger charge is 2.08. The second-order valence-corrected chi connectivity index (χ2v) is 3.81. The molecule has 2 rings (SSSR count). The number of hydrogen-bond donors (Lipinski definition) is 1. The van der Waals surface area contributed by atoms with Gasteiger partial charge in [-0.05, 0) is 35.7 Å². The first-order chi connectivity index (χ1) is 8.08. The zero-order chi connectivity index (χ0) is 12.4. The Labute approximate surface area is 98.3 Å². The number of nitro benzene ring substituents is 1. The fourth-order valence-corrected chi connectivity index (χ4v) is 1.76. The number of aromatic hydroxyl groups is 1. The normalized spacial score (nSPS) is 10.2. The lowest BCUT2D eigenvalue weighted by atomic mass is 10.00. The standard InChI is InChI=1S/C13H11NO3/c1-9-7-12(15)5-6-13(9)10-3-2-4-11(8-10)14(16)17/h2-8,15H,1H3. The molecule has 2 aromatic carbocycles. The number of benzene rings is 2. The third kappa shape index (κ3) is 2.25. The lowest BCUT2D eigenvalue weighted by Gasteiger charge is -2.06. The van der Waals surface area contributed by atoms with Crippen LogP contribution in [0.15, 0.2) is 42.5 Å². The molecule has 0 unspecified atom stereocenters. The molecular weight excluding hydrogens is 218 g/mol. The van der Waals surface area contributed by atoms with Crippen LogP contribution < -0.4 is 0 Å². The van der Waals surface area contributed by atoms with Gasteiger partial charge in [-0.3, -0.25) is 10.1 Å². The Bertz CT molecular complexity index is 579. The number of rotatable bonds is 2. The number of hydrogen-bond acceptors (Lipinski definition) is 3. The molecule has 0 amide bonds. The molecule has 0 aliphatic heterocycles. The van der Waals surface area contributed by atoms with Crippen LogP contribution in [0.25, 0.3) is 11.1 Å². The molecule has 2 aromatic rings. The van der Waals surface area contributed by atoms with Crippen molar-refractivity contribution >= 4 is 5.69 Å².